The van der Waals surface area contributed by atoms with Crippen molar-refractivity contribution in [2.45, 2.75) is 32.2 Å². The SMILES string of the molecule is CCCC[C@H](NC(=O)c1cc(N)ccc1Br)C(=O)O. The first kappa shape index (κ1) is 15.5. The van der Waals surface area contributed by atoms with E-state index in [1.807, 2.05) is 6.92 Å². The van der Waals surface area contributed by atoms with Crippen molar-refractivity contribution in [2.24, 2.45) is 0 Å². The van der Waals surface area contributed by atoms with Crippen molar-refractivity contribution in [3.8, 4) is 0 Å². The molecule has 0 radical (unpaired) electrons. The van der Waals surface area contributed by atoms with Gasteiger partial charge < -0.3 is 16.2 Å². The van der Waals surface area contributed by atoms with Crippen molar-refractivity contribution >= 4 is 33.5 Å². The molecular weight excluding hydrogens is 312 g/mol. The summed E-state index contributed by atoms with van der Waals surface area (Å²) in [6, 6.07) is 3.96. The van der Waals surface area contributed by atoms with Crippen molar-refractivity contribution in [2.75, 3.05) is 5.73 Å². The summed E-state index contributed by atoms with van der Waals surface area (Å²) in [6.45, 7) is 1.97. The molecule has 5 nitrogen and oxygen atoms in total. The van der Waals surface area contributed by atoms with Gasteiger partial charge in [-0.25, -0.2) is 4.79 Å². The van der Waals surface area contributed by atoms with E-state index in [0.717, 1.165) is 12.8 Å². The van der Waals surface area contributed by atoms with E-state index < -0.39 is 17.9 Å². The van der Waals surface area contributed by atoms with Gasteiger partial charge in [-0.2, -0.15) is 0 Å². The highest BCUT2D eigenvalue weighted by molar-refractivity contribution is 9.10. The predicted octanol–water partition coefficient (Wildman–Crippen LogP) is 2.40. The van der Waals surface area contributed by atoms with E-state index in [9.17, 15) is 9.59 Å². The van der Waals surface area contributed by atoms with Crippen LogP contribution in [0.15, 0.2) is 22.7 Å². The zero-order valence-electron chi connectivity index (χ0n) is 10.6. The number of carboxylic acids is 1. The number of nitrogens with one attached hydrogen (secondary N) is 1. The molecule has 0 aliphatic rings. The Labute approximate surface area is 120 Å². The quantitative estimate of drug-likeness (QED) is 0.699. The van der Waals surface area contributed by atoms with E-state index in [-0.39, 0.29) is 0 Å². The van der Waals surface area contributed by atoms with Gasteiger partial charge in [0.05, 0.1) is 5.56 Å². The molecule has 0 heterocycles. The minimum absolute atomic E-state index is 0.336. The van der Waals surface area contributed by atoms with Crippen LogP contribution in [0.2, 0.25) is 0 Å². The number of carbonyl (C=O) groups is 2. The van der Waals surface area contributed by atoms with Crippen LogP contribution in [-0.4, -0.2) is 23.0 Å². The molecule has 0 aromatic heterocycles. The Kier molecular flexibility index (Phi) is 5.82. The molecule has 0 unspecified atom stereocenters. The molecule has 0 fully saturated rings. The Morgan fingerprint density at radius 3 is 2.74 bits per heavy atom. The Morgan fingerprint density at radius 2 is 2.16 bits per heavy atom. The number of aliphatic carboxylic acids is 1. The van der Waals surface area contributed by atoms with E-state index >= 15 is 0 Å². The van der Waals surface area contributed by atoms with Crippen molar-refractivity contribution in [3.63, 3.8) is 0 Å². The number of hydrogen-bond donors (Lipinski definition) is 3. The Morgan fingerprint density at radius 1 is 1.47 bits per heavy atom. The average molecular weight is 329 g/mol. The molecule has 19 heavy (non-hydrogen) atoms. The highest BCUT2D eigenvalue weighted by atomic mass is 79.9. The zero-order valence-corrected chi connectivity index (χ0v) is 12.2. The summed E-state index contributed by atoms with van der Waals surface area (Å²) in [5.74, 6) is -1.47. The van der Waals surface area contributed by atoms with Gasteiger partial charge in [0, 0.05) is 10.2 Å². The predicted molar refractivity (Wildman–Crippen MR) is 77.0 cm³/mol. The number of nitrogens with two attached hydrogens (primary N) is 1. The molecule has 1 aromatic carbocycles. The van der Waals surface area contributed by atoms with Crippen LogP contribution in [0.1, 0.15) is 36.5 Å². The van der Waals surface area contributed by atoms with Crippen molar-refractivity contribution in [1.29, 1.82) is 0 Å². The first-order valence-corrected chi connectivity index (χ1v) is 6.83. The van der Waals surface area contributed by atoms with Crippen molar-refractivity contribution in [1.82, 2.24) is 5.32 Å². The Bertz CT molecular complexity index is 477. The van der Waals surface area contributed by atoms with Gasteiger partial charge in [-0.05, 0) is 40.5 Å². The van der Waals surface area contributed by atoms with Crippen LogP contribution in [0.5, 0.6) is 0 Å². The van der Waals surface area contributed by atoms with Gasteiger partial charge in [0.15, 0.2) is 0 Å². The molecule has 1 rings (SSSR count). The molecule has 0 saturated heterocycles. The normalized spacial score (nSPS) is 11.9. The van der Waals surface area contributed by atoms with E-state index in [0.29, 0.717) is 22.1 Å². The van der Waals surface area contributed by atoms with Gasteiger partial charge in [0.1, 0.15) is 6.04 Å². The molecule has 0 aliphatic heterocycles. The van der Waals surface area contributed by atoms with Crippen LogP contribution in [0.3, 0.4) is 0 Å². The van der Waals surface area contributed by atoms with Gasteiger partial charge in [0.25, 0.3) is 5.91 Å². The molecule has 1 aromatic rings. The maximum atomic E-state index is 12.0. The third kappa shape index (κ3) is 4.55. The number of unbranched alkanes of at least 4 members (excludes halogenated alkanes) is 1. The summed E-state index contributed by atoms with van der Waals surface area (Å²) in [6.07, 6.45) is 2.04. The second-order valence-corrected chi connectivity index (χ2v) is 5.10. The van der Waals surface area contributed by atoms with Gasteiger partial charge in [-0.15, -0.1) is 0 Å². The van der Waals surface area contributed by atoms with Gasteiger partial charge in [-0.1, -0.05) is 19.8 Å². The summed E-state index contributed by atoms with van der Waals surface area (Å²) in [5, 5.41) is 11.6. The third-order valence-corrected chi connectivity index (χ3v) is 3.38. The monoisotopic (exact) mass is 328 g/mol. The maximum Gasteiger partial charge on any atom is 0.326 e. The fourth-order valence-electron chi connectivity index (χ4n) is 1.62. The molecule has 4 N–H and O–H groups in total. The standard InChI is InChI=1S/C13H17BrN2O3/c1-2-3-4-11(13(18)19)16-12(17)9-7-8(15)5-6-10(9)14/h5-7,11H,2-4,15H2,1H3,(H,16,17)(H,18,19)/t11-/m0/s1. The van der Waals surface area contributed by atoms with Gasteiger partial charge >= 0.3 is 5.97 Å². The van der Waals surface area contributed by atoms with Crippen LogP contribution < -0.4 is 11.1 Å². The first-order valence-electron chi connectivity index (χ1n) is 6.04. The summed E-state index contributed by atoms with van der Waals surface area (Å²) in [5.41, 5.74) is 6.41. The molecule has 104 valence electrons. The number of halogens is 1. The van der Waals surface area contributed by atoms with E-state index in [1.54, 1.807) is 12.1 Å². The molecule has 0 bridgehead atoms. The lowest BCUT2D eigenvalue weighted by Gasteiger charge is -2.15. The summed E-state index contributed by atoms with van der Waals surface area (Å²) in [7, 11) is 0. The van der Waals surface area contributed by atoms with Crippen LogP contribution in [-0.2, 0) is 4.79 Å². The molecule has 0 saturated carbocycles. The lowest BCUT2D eigenvalue weighted by molar-refractivity contribution is -0.139. The van der Waals surface area contributed by atoms with Gasteiger partial charge in [-0.3, -0.25) is 4.79 Å². The number of amides is 1. The highest BCUT2D eigenvalue weighted by Crippen LogP contribution is 2.19. The largest absolute Gasteiger partial charge is 0.480 e. The fraction of sp³-hybridized carbons (Fsp3) is 0.385. The average Bonchev–Trinajstić information content (AvgIpc) is 2.36. The second-order valence-electron chi connectivity index (χ2n) is 4.25. The number of carboxylic acid groups (broad SMARTS) is 1. The fourth-order valence-corrected chi connectivity index (χ4v) is 2.05. The summed E-state index contributed by atoms with van der Waals surface area (Å²) >= 11 is 3.25. The number of anilines is 1. The number of carbonyl (C=O) groups excluding carboxylic acids is 1. The van der Waals surface area contributed by atoms with Crippen molar-refractivity contribution < 1.29 is 14.7 Å². The lowest BCUT2D eigenvalue weighted by Crippen LogP contribution is -2.40. The minimum atomic E-state index is -1.03. The van der Waals surface area contributed by atoms with Crippen molar-refractivity contribution in [3.05, 3.63) is 28.2 Å². The summed E-state index contributed by atoms with van der Waals surface area (Å²) in [4.78, 5) is 23.1. The van der Waals surface area contributed by atoms with E-state index in [4.69, 9.17) is 10.8 Å². The lowest BCUT2D eigenvalue weighted by atomic mass is 10.1. The number of benzene rings is 1. The Hall–Kier alpha value is -1.56. The third-order valence-electron chi connectivity index (χ3n) is 2.68. The molecule has 1 amide bonds. The van der Waals surface area contributed by atoms with Crippen LogP contribution >= 0.6 is 15.9 Å². The molecule has 6 heteroatoms. The number of hydrogen-bond acceptors (Lipinski definition) is 3. The Balaban J connectivity index is 2.81. The van der Waals surface area contributed by atoms with Crippen LogP contribution in [0.4, 0.5) is 5.69 Å². The highest BCUT2D eigenvalue weighted by Gasteiger charge is 2.21. The number of rotatable bonds is 6. The topological polar surface area (TPSA) is 92.4 Å². The van der Waals surface area contributed by atoms with E-state index in [2.05, 4.69) is 21.2 Å². The molecule has 0 spiro atoms. The second kappa shape index (κ2) is 7.13. The number of nitrogen functional groups attached to an aromatic ring is 1. The maximum absolute atomic E-state index is 12.0. The smallest absolute Gasteiger partial charge is 0.326 e. The van der Waals surface area contributed by atoms with E-state index in [1.165, 1.54) is 6.07 Å². The van der Waals surface area contributed by atoms with Crippen LogP contribution in [0, 0.1) is 0 Å². The summed E-state index contributed by atoms with van der Waals surface area (Å²) < 4.78 is 0.582. The minimum Gasteiger partial charge on any atom is -0.480 e. The van der Waals surface area contributed by atoms with Gasteiger partial charge in [0.2, 0.25) is 0 Å². The molecule has 1 atom stereocenters. The first-order chi connectivity index (χ1) is 8.95. The molecule has 0 aliphatic carbocycles. The molecular formula is C13H17BrN2O3. The zero-order chi connectivity index (χ0) is 14.4. The van der Waals surface area contributed by atoms with Crippen LogP contribution in [0.25, 0.3) is 0 Å².